The largest absolute Gasteiger partial charge is 0.511 e. The average molecular weight is 400 g/mol. The number of methoxy groups -OCH3 is 3. The van der Waals surface area contributed by atoms with Crippen molar-refractivity contribution >= 4 is 11.6 Å². The summed E-state index contributed by atoms with van der Waals surface area (Å²) in [6.45, 7) is 0. The van der Waals surface area contributed by atoms with Crippen molar-refractivity contribution in [1.82, 2.24) is 5.32 Å². The lowest BCUT2D eigenvalue weighted by Gasteiger charge is -2.26. The third-order valence-corrected chi connectivity index (χ3v) is 6.18. The van der Waals surface area contributed by atoms with Crippen molar-refractivity contribution in [3.8, 4) is 17.2 Å². The number of hydrogen-bond acceptors (Lipinski definition) is 7. The molecule has 2 N–H and O–H groups in total. The lowest BCUT2D eigenvalue weighted by Crippen LogP contribution is -2.39. The molecule has 156 valence electrons. The van der Waals surface area contributed by atoms with Crippen molar-refractivity contribution in [2.45, 2.75) is 56.5 Å². The van der Waals surface area contributed by atoms with E-state index in [1.807, 2.05) is 12.1 Å². The van der Waals surface area contributed by atoms with Crippen LogP contribution < -0.4 is 19.5 Å². The number of aliphatic imine (C=N–C) groups is 1. The summed E-state index contributed by atoms with van der Waals surface area (Å²) in [7, 11) is 4.68. The predicted octanol–water partition coefficient (Wildman–Crippen LogP) is 3.28. The molecule has 1 aromatic carbocycles. The number of amidine groups is 1. The van der Waals surface area contributed by atoms with Gasteiger partial charge in [-0.15, -0.1) is 0 Å². The van der Waals surface area contributed by atoms with Crippen molar-refractivity contribution in [2.24, 2.45) is 4.99 Å². The predicted molar refractivity (Wildman–Crippen MR) is 109 cm³/mol. The first kappa shape index (κ1) is 19.6. The number of ether oxygens (including phenoxy) is 3. The Hall–Kier alpha value is -2.70. The molecule has 7 heteroatoms. The first-order valence-corrected chi connectivity index (χ1v) is 10.2. The molecule has 2 aliphatic carbocycles. The summed E-state index contributed by atoms with van der Waals surface area (Å²) in [5.74, 6) is 2.01. The van der Waals surface area contributed by atoms with Crippen LogP contribution in [0.1, 0.15) is 50.0 Å². The van der Waals surface area contributed by atoms with E-state index in [1.54, 1.807) is 21.3 Å². The summed E-state index contributed by atoms with van der Waals surface area (Å²) in [5, 5.41) is 14.2. The Kier molecular flexibility index (Phi) is 5.39. The Morgan fingerprint density at radius 1 is 1.03 bits per heavy atom. The molecule has 1 unspecified atom stereocenters. The molecule has 3 aliphatic rings. The van der Waals surface area contributed by atoms with Crippen molar-refractivity contribution in [2.75, 3.05) is 21.3 Å². The van der Waals surface area contributed by atoms with Gasteiger partial charge in [-0.3, -0.25) is 9.79 Å². The highest BCUT2D eigenvalue weighted by Crippen LogP contribution is 2.43. The van der Waals surface area contributed by atoms with E-state index in [9.17, 15) is 9.90 Å². The van der Waals surface area contributed by atoms with Gasteiger partial charge in [0.1, 0.15) is 11.6 Å². The van der Waals surface area contributed by atoms with Crippen LogP contribution in [0.5, 0.6) is 17.2 Å². The lowest BCUT2D eigenvalue weighted by atomic mass is 9.82. The van der Waals surface area contributed by atoms with Gasteiger partial charge in [-0.25, -0.2) is 0 Å². The number of benzene rings is 1. The quantitative estimate of drug-likeness (QED) is 0.788. The van der Waals surface area contributed by atoms with Crippen LogP contribution in [0.15, 0.2) is 28.5 Å². The normalized spacial score (nSPS) is 26.5. The van der Waals surface area contributed by atoms with Crippen molar-refractivity contribution in [3.63, 3.8) is 0 Å². The van der Waals surface area contributed by atoms with Gasteiger partial charge in [0, 0.05) is 18.9 Å². The number of rotatable bonds is 5. The van der Waals surface area contributed by atoms with Crippen LogP contribution in [0.4, 0.5) is 0 Å². The average Bonchev–Trinajstić information content (AvgIpc) is 3.15. The fraction of sp³-hybridized carbons (Fsp3) is 0.545. The van der Waals surface area contributed by atoms with E-state index in [0.29, 0.717) is 47.5 Å². The number of nitrogens with one attached hydrogen (secondary N) is 1. The number of ketones is 1. The van der Waals surface area contributed by atoms with Crippen molar-refractivity contribution < 1.29 is 24.1 Å². The van der Waals surface area contributed by atoms with Crippen LogP contribution in [0.2, 0.25) is 0 Å². The molecule has 0 saturated heterocycles. The maximum Gasteiger partial charge on any atom is 0.203 e. The molecule has 0 radical (unpaired) electrons. The van der Waals surface area contributed by atoms with Gasteiger partial charge < -0.3 is 24.6 Å². The second-order valence-corrected chi connectivity index (χ2v) is 7.89. The minimum atomic E-state index is -0.163. The Morgan fingerprint density at radius 3 is 2.31 bits per heavy atom. The minimum Gasteiger partial charge on any atom is -0.511 e. The molecule has 0 spiro atoms. The number of hydrogen-bond donors (Lipinski definition) is 2. The van der Waals surface area contributed by atoms with E-state index in [1.165, 1.54) is 12.8 Å². The van der Waals surface area contributed by atoms with Crippen molar-refractivity contribution in [1.29, 1.82) is 0 Å². The maximum atomic E-state index is 13.0. The molecule has 1 aliphatic heterocycles. The van der Waals surface area contributed by atoms with Crippen LogP contribution in [0.3, 0.4) is 0 Å². The molecule has 1 fully saturated rings. The molecule has 7 nitrogen and oxygen atoms in total. The van der Waals surface area contributed by atoms with Gasteiger partial charge in [-0.05, 0) is 36.5 Å². The smallest absolute Gasteiger partial charge is 0.203 e. The maximum absolute atomic E-state index is 13.0. The number of Topliss-reactive ketones (excluding diaryl/α,β-unsaturated/α-hetero) is 1. The first-order chi connectivity index (χ1) is 14.0. The number of carbonyl (C=O) groups is 1. The van der Waals surface area contributed by atoms with Gasteiger partial charge in [0.05, 0.1) is 32.9 Å². The molecular weight excluding hydrogens is 372 g/mol. The van der Waals surface area contributed by atoms with E-state index in [2.05, 4.69) is 5.32 Å². The Morgan fingerprint density at radius 2 is 1.72 bits per heavy atom. The second kappa shape index (κ2) is 7.97. The molecule has 0 aromatic heterocycles. The number of aliphatic hydroxyl groups is 1. The Labute approximate surface area is 170 Å². The van der Waals surface area contributed by atoms with Gasteiger partial charge in [0.15, 0.2) is 17.3 Å². The molecule has 1 saturated carbocycles. The number of aliphatic hydroxyl groups excluding tert-OH is 1. The van der Waals surface area contributed by atoms with Gasteiger partial charge in [-0.2, -0.15) is 0 Å². The molecular formula is C22H28N2O5. The zero-order chi connectivity index (χ0) is 20.5. The molecule has 0 bridgehead atoms. The van der Waals surface area contributed by atoms with E-state index < -0.39 is 0 Å². The third-order valence-electron chi connectivity index (χ3n) is 6.18. The van der Waals surface area contributed by atoms with Gasteiger partial charge in [0.25, 0.3) is 0 Å². The summed E-state index contributed by atoms with van der Waals surface area (Å²) in [4.78, 5) is 17.7. The highest BCUT2D eigenvalue weighted by Gasteiger charge is 2.38. The summed E-state index contributed by atoms with van der Waals surface area (Å²) < 4.78 is 16.2. The fourth-order valence-corrected chi connectivity index (χ4v) is 4.69. The molecule has 4 rings (SSSR count). The number of allylic oxidation sites excluding steroid dienone is 1. The van der Waals surface area contributed by atoms with Crippen LogP contribution in [0.25, 0.3) is 0 Å². The summed E-state index contributed by atoms with van der Waals surface area (Å²) in [6.07, 6.45) is 5.12. The number of fused-ring (bicyclic) bond motifs is 1. The SMILES string of the molecule is COc1cc(C2CC(=O)C(C3=N[C@H]4CCCC[C@H]4N3)=C(O)C2)cc(OC)c1OC. The summed E-state index contributed by atoms with van der Waals surface area (Å²) >= 11 is 0. The topological polar surface area (TPSA) is 89.4 Å². The monoisotopic (exact) mass is 400 g/mol. The molecule has 29 heavy (non-hydrogen) atoms. The van der Waals surface area contributed by atoms with E-state index in [0.717, 1.165) is 18.4 Å². The highest BCUT2D eigenvalue weighted by atomic mass is 16.5. The summed E-state index contributed by atoms with van der Waals surface area (Å²) in [6, 6.07) is 4.20. The zero-order valence-corrected chi connectivity index (χ0v) is 17.2. The first-order valence-electron chi connectivity index (χ1n) is 10.2. The summed E-state index contributed by atoms with van der Waals surface area (Å²) in [5.41, 5.74) is 1.23. The van der Waals surface area contributed by atoms with E-state index >= 15 is 0 Å². The second-order valence-electron chi connectivity index (χ2n) is 7.89. The van der Waals surface area contributed by atoms with Crippen LogP contribution in [-0.2, 0) is 4.79 Å². The number of nitrogens with zero attached hydrogens (tertiary/aromatic N) is 1. The zero-order valence-electron chi connectivity index (χ0n) is 17.2. The van der Waals surface area contributed by atoms with Crippen LogP contribution >= 0.6 is 0 Å². The standard InChI is InChI=1S/C22H28N2O5/c1-27-18-10-13(11-19(28-2)21(18)29-3)12-8-16(25)20(17(26)9-12)22-23-14-6-4-5-7-15(14)24-22/h10-12,14-15,25H,4-9H2,1-3H3,(H,23,24)/t12?,14-,15+. The number of carbonyl (C=O) groups excluding carboxylic acids is 1. The van der Waals surface area contributed by atoms with Crippen LogP contribution in [-0.4, -0.2) is 50.1 Å². The molecule has 1 aromatic rings. The molecule has 1 heterocycles. The Balaban J connectivity index is 1.62. The lowest BCUT2D eigenvalue weighted by molar-refractivity contribution is -0.116. The highest BCUT2D eigenvalue weighted by molar-refractivity contribution is 6.23. The molecule has 0 amide bonds. The van der Waals surface area contributed by atoms with Crippen molar-refractivity contribution in [3.05, 3.63) is 29.0 Å². The van der Waals surface area contributed by atoms with E-state index in [4.69, 9.17) is 19.2 Å². The third kappa shape index (κ3) is 3.54. The van der Waals surface area contributed by atoms with Crippen LogP contribution in [0, 0.1) is 0 Å². The van der Waals surface area contributed by atoms with E-state index in [-0.39, 0.29) is 23.5 Å². The minimum absolute atomic E-state index is 0.0857. The van der Waals surface area contributed by atoms with Gasteiger partial charge >= 0.3 is 0 Å². The fourth-order valence-electron chi connectivity index (χ4n) is 4.69. The Bertz CT molecular complexity index is 851. The van der Waals surface area contributed by atoms with Gasteiger partial charge in [0.2, 0.25) is 5.75 Å². The van der Waals surface area contributed by atoms with Gasteiger partial charge in [-0.1, -0.05) is 12.8 Å². The molecule has 3 atom stereocenters.